The summed E-state index contributed by atoms with van der Waals surface area (Å²) in [6, 6.07) is 2.02. The summed E-state index contributed by atoms with van der Waals surface area (Å²) in [5.74, 6) is 1.92. The van der Waals surface area contributed by atoms with Crippen LogP contribution in [-0.4, -0.2) is 19.0 Å². The summed E-state index contributed by atoms with van der Waals surface area (Å²) in [7, 11) is 4.03. The first-order chi connectivity index (χ1) is 5.63. The fourth-order valence-electron chi connectivity index (χ4n) is 1.18. The molecule has 0 saturated carbocycles. The van der Waals surface area contributed by atoms with Gasteiger partial charge in [0.2, 0.25) is 0 Å². The van der Waals surface area contributed by atoms with Gasteiger partial charge in [0.25, 0.3) is 0 Å². The molecule has 0 aliphatic heterocycles. The maximum Gasteiger partial charge on any atom is 0.118 e. The van der Waals surface area contributed by atoms with E-state index in [1.54, 1.807) is 0 Å². The Balaban J connectivity index is 2.75. The average Bonchev–Trinajstić information content (AvgIpc) is 2.29. The molecule has 2 N–H and O–H groups in total. The van der Waals surface area contributed by atoms with Crippen LogP contribution in [0.5, 0.6) is 0 Å². The monoisotopic (exact) mass is 168 g/mol. The van der Waals surface area contributed by atoms with Gasteiger partial charge in [0.15, 0.2) is 0 Å². The van der Waals surface area contributed by atoms with Gasteiger partial charge in [0.1, 0.15) is 11.5 Å². The van der Waals surface area contributed by atoms with E-state index in [0.717, 1.165) is 23.6 Å². The van der Waals surface area contributed by atoms with Gasteiger partial charge in [-0.15, -0.1) is 0 Å². The molecule has 0 radical (unpaired) electrons. The van der Waals surface area contributed by atoms with Gasteiger partial charge in [0, 0.05) is 12.1 Å². The molecule has 68 valence electrons. The molecule has 0 aliphatic carbocycles. The van der Waals surface area contributed by atoms with Crippen molar-refractivity contribution in [1.82, 2.24) is 4.90 Å². The van der Waals surface area contributed by atoms with E-state index >= 15 is 0 Å². The Morgan fingerprint density at radius 2 is 2.17 bits per heavy atom. The smallest absolute Gasteiger partial charge is 0.118 e. The largest absolute Gasteiger partial charge is 0.465 e. The fraction of sp³-hybridized carbons (Fsp3) is 0.556. The first kappa shape index (κ1) is 9.29. The van der Waals surface area contributed by atoms with E-state index in [1.807, 2.05) is 27.1 Å². The standard InChI is InChI=1S/C9H16N2O/c1-7-8(5-10)4-9(12-7)6-11(2)3/h4H,5-6,10H2,1-3H3. The molecule has 0 aliphatic rings. The van der Waals surface area contributed by atoms with E-state index in [2.05, 4.69) is 4.90 Å². The number of nitrogens with two attached hydrogens (primary N) is 1. The highest BCUT2D eigenvalue weighted by Crippen LogP contribution is 2.14. The molecular weight excluding hydrogens is 152 g/mol. The third kappa shape index (κ3) is 2.09. The first-order valence-corrected chi connectivity index (χ1v) is 4.06. The fourth-order valence-corrected chi connectivity index (χ4v) is 1.18. The molecule has 1 rings (SSSR count). The minimum absolute atomic E-state index is 0.558. The summed E-state index contributed by atoms with van der Waals surface area (Å²) in [5, 5.41) is 0. The van der Waals surface area contributed by atoms with Gasteiger partial charge < -0.3 is 15.1 Å². The van der Waals surface area contributed by atoms with Crippen molar-refractivity contribution in [2.45, 2.75) is 20.0 Å². The van der Waals surface area contributed by atoms with Gasteiger partial charge in [-0.1, -0.05) is 0 Å². The molecule has 3 nitrogen and oxygen atoms in total. The minimum Gasteiger partial charge on any atom is -0.465 e. The lowest BCUT2D eigenvalue weighted by Gasteiger charge is -2.05. The molecular formula is C9H16N2O. The summed E-state index contributed by atoms with van der Waals surface area (Å²) in [4.78, 5) is 2.07. The van der Waals surface area contributed by atoms with Gasteiger partial charge in [0.05, 0.1) is 6.54 Å². The highest BCUT2D eigenvalue weighted by molar-refractivity contribution is 5.20. The summed E-state index contributed by atoms with van der Waals surface area (Å²) in [5.41, 5.74) is 6.62. The Morgan fingerprint density at radius 1 is 1.50 bits per heavy atom. The Kier molecular flexibility index (Phi) is 2.89. The Bertz CT molecular complexity index is 253. The van der Waals surface area contributed by atoms with Gasteiger partial charge >= 0.3 is 0 Å². The molecule has 1 heterocycles. The summed E-state index contributed by atoms with van der Waals surface area (Å²) >= 11 is 0. The number of hydrogen-bond donors (Lipinski definition) is 1. The Hall–Kier alpha value is -0.800. The zero-order valence-corrected chi connectivity index (χ0v) is 7.92. The van der Waals surface area contributed by atoms with Crippen LogP contribution in [0.4, 0.5) is 0 Å². The van der Waals surface area contributed by atoms with Crippen molar-refractivity contribution < 1.29 is 4.42 Å². The van der Waals surface area contributed by atoms with Gasteiger partial charge in [-0.3, -0.25) is 0 Å². The van der Waals surface area contributed by atoms with Crippen LogP contribution >= 0.6 is 0 Å². The van der Waals surface area contributed by atoms with Crippen LogP contribution in [0.25, 0.3) is 0 Å². The van der Waals surface area contributed by atoms with E-state index in [9.17, 15) is 0 Å². The predicted octanol–water partition coefficient (Wildman–Crippen LogP) is 1.11. The van der Waals surface area contributed by atoms with Crippen molar-refractivity contribution in [3.63, 3.8) is 0 Å². The number of hydrogen-bond acceptors (Lipinski definition) is 3. The zero-order valence-electron chi connectivity index (χ0n) is 7.92. The molecule has 3 heteroatoms. The minimum atomic E-state index is 0.558. The van der Waals surface area contributed by atoms with Crippen LogP contribution < -0.4 is 5.73 Å². The highest BCUT2D eigenvalue weighted by atomic mass is 16.3. The average molecular weight is 168 g/mol. The molecule has 0 atom stereocenters. The third-order valence-electron chi connectivity index (χ3n) is 1.76. The normalized spacial score (nSPS) is 11.1. The summed E-state index contributed by atoms with van der Waals surface area (Å²) < 4.78 is 5.49. The van der Waals surface area contributed by atoms with Gasteiger partial charge in [-0.25, -0.2) is 0 Å². The van der Waals surface area contributed by atoms with E-state index < -0.39 is 0 Å². The number of rotatable bonds is 3. The lowest BCUT2D eigenvalue weighted by atomic mass is 10.2. The van der Waals surface area contributed by atoms with Crippen molar-refractivity contribution in [1.29, 1.82) is 0 Å². The maximum atomic E-state index is 5.52. The molecule has 1 aromatic rings. The molecule has 0 aromatic carbocycles. The van der Waals surface area contributed by atoms with Crippen LogP contribution in [0, 0.1) is 6.92 Å². The van der Waals surface area contributed by atoms with Crippen molar-refractivity contribution >= 4 is 0 Å². The Morgan fingerprint density at radius 3 is 2.58 bits per heavy atom. The quantitative estimate of drug-likeness (QED) is 0.735. The van der Waals surface area contributed by atoms with E-state index in [0.29, 0.717) is 6.54 Å². The molecule has 0 saturated heterocycles. The lowest BCUT2D eigenvalue weighted by Crippen LogP contribution is -2.09. The van der Waals surface area contributed by atoms with E-state index in [-0.39, 0.29) is 0 Å². The van der Waals surface area contributed by atoms with Gasteiger partial charge in [-0.05, 0) is 27.1 Å². The van der Waals surface area contributed by atoms with Crippen LogP contribution in [0.15, 0.2) is 10.5 Å². The lowest BCUT2D eigenvalue weighted by molar-refractivity contribution is 0.345. The molecule has 0 unspecified atom stereocenters. The summed E-state index contributed by atoms with van der Waals surface area (Å²) in [6.07, 6.45) is 0. The number of furan rings is 1. The predicted molar refractivity (Wildman–Crippen MR) is 48.7 cm³/mol. The highest BCUT2D eigenvalue weighted by Gasteiger charge is 2.05. The molecule has 0 fully saturated rings. The first-order valence-electron chi connectivity index (χ1n) is 4.06. The number of aryl methyl sites for hydroxylation is 1. The van der Waals surface area contributed by atoms with Crippen molar-refractivity contribution in [3.8, 4) is 0 Å². The van der Waals surface area contributed by atoms with Crippen LogP contribution in [0.1, 0.15) is 17.1 Å². The molecule has 0 spiro atoms. The number of nitrogens with zero attached hydrogens (tertiary/aromatic N) is 1. The topological polar surface area (TPSA) is 42.4 Å². The second-order valence-corrected chi connectivity index (χ2v) is 3.24. The summed E-state index contributed by atoms with van der Waals surface area (Å²) in [6.45, 7) is 3.34. The van der Waals surface area contributed by atoms with Crippen molar-refractivity contribution in [2.75, 3.05) is 14.1 Å². The van der Waals surface area contributed by atoms with Crippen LogP contribution in [0.2, 0.25) is 0 Å². The second-order valence-electron chi connectivity index (χ2n) is 3.24. The molecule has 0 amide bonds. The van der Waals surface area contributed by atoms with Gasteiger partial charge in [-0.2, -0.15) is 0 Å². The third-order valence-corrected chi connectivity index (χ3v) is 1.76. The van der Waals surface area contributed by atoms with E-state index in [1.165, 1.54) is 0 Å². The Labute approximate surface area is 73.2 Å². The van der Waals surface area contributed by atoms with Crippen LogP contribution in [0.3, 0.4) is 0 Å². The van der Waals surface area contributed by atoms with Crippen LogP contribution in [-0.2, 0) is 13.1 Å². The SMILES string of the molecule is Cc1oc(CN(C)C)cc1CN. The molecule has 1 aromatic heterocycles. The van der Waals surface area contributed by atoms with Crippen molar-refractivity contribution in [2.24, 2.45) is 5.73 Å². The van der Waals surface area contributed by atoms with Crippen molar-refractivity contribution in [3.05, 3.63) is 23.2 Å². The second kappa shape index (κ2) is 3.74. The zero-order chi connectivity index (χ0) is 9.14. The molecule has 12 heavy (non-hydrogen) atoms. The molecule has 0 bridgehead atoms. The van der Waals surface area contributed by atoms with E-state index in [4.69, 9.17) is 10.2 Å². The maximum absolute atomic E-state index is 5.52.